The summed E-state index contributed by atoms with van der Waals surface area (Å²) < 4.78 is 39.8. The van der Waals surface area contributed by atoms with Crippen LogP contribution in [0.15, 0.2) is 71.1 Å². The van der Waals surface area contributed by atoms with Gasteiger partial charge in [0.25, 0.3) is 0 Å². The predicted octanol–water partition coefficient (Wildman–Crippen LogP) is 5.07. The number of hydrogen-bond donors (Lipinski definition) is 1. The molecule has 0 saturated heterocycles. The van der Waals surface area contributed by atoms with Crippen molar-refractivity contribution >= 4 is 11.9 Å². The van der Waals surface area contributed by atoms with Crippen molar-refractivity contribution < 1.29 is 27.8 Å². The minimum Gasteiger partial charge on any atom is -0.466 e. The van der Waals surface area contributed by atoms with Gasteiger partial charge < -0.3 is 19.7 Å². The number of esters is 2. The fourth-order valence-electron chi connectivity index (χ4n) is 4.77. The summed E-state index contributed by atoms with van der Waals surface area (Å²) in [6.45, 7) is 8.67. The van der Waals surface area contributed by atoms with Gasteiger partial charge in [0.15, 0.2) is 11.6 Å². The Labute approximate surface area is 216 Å². The molecule has 0 fully saturated rings. The molecule has 2 aromatic rings. The monoisotopic (exact) mass is 512 g/mol. The molecule has 6 nitrogen and oxygen atoms in total. The van der Waals surface area contributed by atoms with Gasteiger partial charge in [0.05, 0.1) is 30.8 Å². The molecule has 8 heteroatoms. The minimum atomic E-state index is -1.19. The number of nitrogens with one attached hydrogen (secondary N) is 1. The molecule has 37 heavy (non-hydrogen) atoms. The Morgan fingerprint density at radius 3 is 2.22 bits per heavy atom. The SMILES string of the molecule is COC(=O)C1=C(C)NC(C)=C(C(=O)OCC(C)(C)CN(C)Cc2ccccc2)C1c1cccc(F)c1F. The van der Waals surface area contributed by atoms with E-state index >= 15 is 0 Å². The van der Waals surface area contributed by atoms with E-state index in [0.717, 1.165) is 12.6 Å². The molecule has 0 bridgehead atoms. The number of rotatable bonds is 9. The number of ether oxygens (including phenoxy) is 2. The second kappa shape index (κ2) is 11.7. The summed E-state index contributed by atoms with van der Waals surface area (Å²) >= 11 is 0. The van der Waals surface area contributed by atoms with Crippen LogP contribution < -0.4 is 5.32 Å². The highest BCUT2D eigenvalue weighted by Crippen LogP contribution is 2.40. The number of nitrogens with zero attached hydrogens (tertiary/aromatic N) is 1. The van der Waals surface area contributed by atoms with Crippen molar-refractivity contribution in [2.75, 3.05) is 27.3 Å². The van der Waals surface area contributed by atoms with Crippen LogP contribution in [0.2, 0.25) is 0 Å². The number of halogens is 2. The lowest BCUT2D eigenvalue weighted by Gasteiger charge is -2.32. The number of dihydropyridines is 1. The molecule has 1 unspecified atom stereocenters. The van der Waals surface area contributed by atoms with Gasteiger partial charge in [-0.05, 0) is 32.5 Å². The minimum absolute atomic E-state index is 0.0198. The molecule has 0 saturated carbocycles. The van der Waals surface area contributed by atoms with Crippen LogP contribution in [0.3, 0.4) is 0 Å². The summed E-state index contributed by atoms with van der Waals surface area (Å²) in [6.07, 6.45) is 0. The van der Waals surface area contributed by atoms with Gasteiger partial charge in [-0.15, -0.1) is 0 Å². The number of allylic oxidation sites excluding steroid dienone is 2. The standard InChI is InChI=1S/C29H34F2N2O4/c1-18-23(27(34)36-6)25(21-13-10-14-22(30)26(21)31)24(19(2)32-18)28(35)37-17-29(3,4)16-33(5)15-20-11-8-7-9-12-20/h7-14,25,32H,15-17H2,1-6H3. The van der Waals surface area contributed by atoms with E-state index in [-0.39, 0.29) is 23.3 Å². The van der Waals surface area contributed by atoms with Crippen LogP contribution in [0.5, 0.6) is 0 Å². The molecular formula is C29H34F2N2O4. The van der Waals surface area contributed by atoms with Gasteiger partial charge in [-0.3, -0.25) is 0 Å². The topological polar surface area (TPSA) is 67.9 Å². The molecule has 3 rings (SSSR count). The zero-order valence-electron chi connectivity index (χ0n) is 22.2. The number of carbonyl (C=O) groups excluding carboxylic acids is 2. The Hall–Kier alpha value is -3.52. The van der Waals surface area contributed by atoms with Crippen LogP contribution in [-0.2, 0) is 25.6 Å². The maximum atomic E-state index is 15.0. The molecule has 1 N–H and O–H groups in total. The van der Waals surface area contributed by atoms with Gasteiger partial charge in [0, 0.05) is 35.5 Å². The highest BCUT2D eigenvalue weighted by Gasteiger charge is 2.40. The molecule has 0 radical (unpaired) electrons. The van der Waals surface area contributed by atoms with E-state index in [9.17, 15) is 18.4 Å². The molecule has 0 spiro atoms. The zero-order chi connectivity index (χ0) is 27.3. The molecule has 2 aromatic carbocycles. The number of methoxy groups -OCH3 is 1. The van der Waals surface area contributed by atoms with Crippen molar-refractivity contribution in [3.63, 3.8) is 0 Å². The van der Waals surface area contributed by atoms with Gasteiger partial charge in [-0.1, -0.05) is 56.3 Å². The summed E-state index contributed by atoms with van der Waals surface area (Å²) in [6, 6.07) is 13.7. The first-order valence-electron chi connectivity index (χ1n) is 12.1. The molecular weight excluding hydrogens is 478 g/mol. The summed E-state index contributed by atoms with van der Waals surface area (Å²) in [5, 5.41) is 3.00. The van der Waals surface area contributed by atoms with Gasteiger partial charge in [-0.2, -0.15) is 0 Å². The van der Waals surface area contributed by atoms with Crippen LogP contribution in [0.4, 0.5) is 8.78 Å². The first-order chi connectivity index (χ1) is 17.4. The second-order valence-electron chi connectivity index (χ2n) is 10.2. The summed E-state index contributed by atoms with van der Waals surface area (Å²) in [4.78, 5) is 28.3. The van der Waals surface area contributed by atoms with E-state index in [2.05, 4.69) is 22.3 Å². The fraction of sp³-hybridized carbons (Fsp3) is 0.379. The molecule has 198 valence electrons. The Kier molecular flexibility index (Phi) is 8.86. The maximum absolute atomic E-state index is 15.0. The van der Waals surface area contributed by atoms with Gasteiger partial charge in [-0.25, -0.2) is 18.4 Å². The van der Waals surface area contributed by atoms with Crippen LogP contribution in [0, 0.1) is 17.0 Å². The highest BCUT2D eigenvalue weighted by molar-refractivity contribution is 5.99. The van der Waals surface area contributed by atoms with Crippen LogP contribution >= 0.6 is 0 Å². The van der Waals surface area contributed by atoms with Gasteiger partial charge in [0.2, 0.25) is 0 Å². The highest BCUT2D eigenvalue weighted by atomic mass is 19.2. The first-order valence-corrected chi connectivity index (χ1v) is 12.1. The zero-order valence-corrected chi connectivity index (χ0v) is 22.2. The third kappa shape index (κ3) is 6.63. The molecule has 1 heterocycles. The first kappa shape index (κ1) is 28.1. The molecule has 1 aliphatic rings. The maximum Gasteiger partial charge on any atom is 0.336 e. The van der Waals surface area contributed by atoms with E-state index in [4.69, 9.17) is 9.47 Å². The lowest BCUT2D eigenvalue weighted by atomic mass is 9.80. The molecule has 0 aliphatic carbocycles. The van der Waals surface area contributed by atoms with Gasteiger partial charge >= 0.3 is 11.9 Å². The van der Waals surface area contributed by atoms with E-state index in [1.54, 1.807) is 13.8 Å². The number of benzene rings is 2. The molecule has 1 aliphatic heterocycles. The van der Waals surface area contributed by atoms with Crippen molar-refractivity contribution in [2.24, 2.45) is 5.41 Å². The fourth-order valence-corrected chi connectivity index (χ4v) is 4.77. The molecule has 1 atom stereocenters. The lowest BCUT2D eigenvalue weighted by molar-refractivity contribution is -0.142. The van der Waals surface area contributed by atoms with E-state index < -0.39 is 34.9 Å². The quantitative estimate of drug-likeness (QED) is 0.473. The third-order valence-electron chi connectivity index (χ3n) is 6.27. The van der Waals surface area contributed by atoms with Crippen LogP contribution in [-0.4, -0.2) is 44.1 Å². The Morgan fingerprint density at radius 1 is 0.973 bits per heavy atom. The van der Waals surface area contributed by atoms with Crippen molar-refractivity contribution in [1.29, 1.82) is 0 Å². The van der Waals surface area contributed by atoms with Crippen LogP contribution in [0.1, 0.15) is 44.7 Å². The predicted molar refractivity (Wildman–Crippen MR) is 137 cm³/mol. The van der Waals surface area contributed by atoms with Crippen molar-refractivity contribution in [2.45, 2.75) is 40.2 Å². The smallest absolute Gasteiger partial charge is 0.336 e. The van der Waals surface area contributed by atoms with E-state index in [1.807, 2.05) is 39.1 Å². The molecule has 0 amide bonds. The van der Waals surface area contributed by atoms with E-state index in [1.165, 1.54) is 24.8 Å². The second-order valence-corrected chi connectivity index (χ2v) is 10.2. The largest absolute Gasteiger partial charge is 0.466 e. The number of hydrogen-bond acceptors (Lipinski definition) is 6. The Balaban J connectivity index is 1.84. The van der Waals surface area contributed by atoms with Crippen molar-refractivity contribution in [3.05, 3.63) is 93.8 Å². The normalized spacial score (nSPS) is 16.1. The van der Waals surface area contributed by atoms with Crippen molar-refractivity contribution in [3.8, 4) is 0 Å². The summed E-state index contributed by atoms with van der Waals surface area (Å²) in [5.74, 6) is -4.87. The Bertz CT molecular complexity index is 1220. The number of carbonyl (C=O) groups is 2. The average Bonchev–Trinajstić information content (AvgIpc) is 2.83. The van der Waals surface area contributed by atoms with Crippen molar-refractivity contribution in [1.82, 2.24) is 10.2 Å². The van der Waals surface area contributed by atoms with Crippen LogP contribution in [0.25, 0.3) is 0 Å². The Morgan fingerprint density at radius 2 is 1.59 bits per heavy atom. The summed E-state index contributed by atoms with van der Waals surface area (Å²) in [5.41, 5.74) is 1.45. The van der Waals surface area contributed by atoms with E-state index in [0.29, 0.717) is 17.9 Å². The average molecular weight is 513 g/mol. The lowest BCUT2D eigenvalue weighted by Crippen LogP contribution is -2.37. The van der Waals surface area contributed by atoms with Gasteiger partial charge in [0.1, 0.15) is 0 Å². The third-order valence-corrected chi connectivity index (χ3v) is 6.27. The molecule has 0 aromatic heterocycles. The summed E-state index contributed by atoms with van der Waals surface area (Å²) in [7, 11) is 3.19.